The van der Waals surface area contributed by atoms with E-state index in [1.807, 2.05) is 41.8 Å². The lowest BCUT2D eigenvalue weighted by molar-refractivity contribution is -0.113. The summed E-state index contributed by atoms with van der Waals surface area (Å²) in [4.78, 5) is 16.2. The lowest BCUT2D eigenvalue weighted by Crippen LogP contribution is -2.15. The van der Waals surface area contributed by atoms with Gasteiger partial charge in [-0.05, 0) is 43.3 Å². The molecule has 0 radical (unpaired) electrons. The Morgan fingerprint density at radius 2 is 2.00 bits per heavy atom. The Morgan fingerprint density at radius 1 is 1.19 bits per heavy atom. The first kappa shape index (κ1) is 17.9. The van der Waals surface area contributed by atoms with Crippen molar-refractivity contribution in [2.75, 3.05) is 18.2 Å². The van der Waals surface area contributed by atoms with Crippen LogP contribution in [0.3, 0.4) is 0 Å². The van der Waals surface area contributed by atoms with E-state index in [1.54, 1.807) is 25.4 Å². The van der Waals surface area contributed by atoms with Gasteiger partial charge in [-0.1, -0.05) is 17.8 Å². The summed E-state index contributed by atoms with van der Waals surface area (Å²) < 4.78 is 7.17. The molecule has 7 nitrogen and oxygen atoms in total. The van der Waals surface area contributed by atoms with E-state index in [2.05, 4.69) is 20.5 Å². The van der Waals surface area contributed by atoms with Gasteiger partial charge in [0.05, 0.1) is 12.9 Å². The van der Waals surface area contributed by atoms with Crippen molar-refractivity contribution in [2.45, 2.75) is 18.6 Å². The second-order valence-electron chi connectivity index (χ2n) is 5.33. The number of pyridine rings is 1. The zero-order chi connectivity index (χ0) is 18.4. The standard InChI is InChI=1S/C18H19N5O2S/c1-3-23-17(13-7-9-14(25-2)10-8-13)21-22-18(23)26-12-16(24)20-15-6-4-5-11-19-15/h4-11H,3,12H2,1-2H3,(H,19,20,24). The molecular weight excluding hydrogens is 350 g/mol. The maximum absolute atomic E-state index is 12.1. The Morgan fingerprint density at radius 3 is 2.65 bits per heavy atom. The summed E-state index contributed by atoms with van der Waals surface area (Å²) in [6.07, 6.45) is 1.64. The van der Waals surface area contributed by atoms with Gasteiger partial charge in [0.2, 0.25) is 5.91 Å². The number of aromatic nitrogens is 4. The average Bonchev–Trinajstić information content (AvgIpc) is 3.10. The minimum atomic E-state index is -0.134. The highest BCUT2D eigenvalue weighted by Gasteiger charge is 2.15. The van der Waals surface area contributed by atoms with Crippen molar-refractivity contribution in [3.05, 3.63) is 48.7 Å². The van der Waals surface area contributed by atoms with Gasteiger partial charge in [0.15, 0.2) is 11.0 Å². The van der Waals surface area contributed by atoms with Gasteiger partial charge in [-0.15, -0.1) is 10.2 Å². The number of hydrogen-bond donors (Lipinski definition) is 1. The maximum atomic E-state index is 12.1. The van der Waals surface area contributed by atoms with Crippen LogP contribution in [0.2, 0.25) is 0 Å². The molecule has 0 spiro atoms. The smallest absolute Gasteiger partial charge is 0.236 e. The lowest BCUT2D eigenvalue weighted by Gasteiger charge is -2.08. The second-order valence-corrected chi connectivity index (χ2v) is 6.27. The number of thioether (sulfide) groups is 1. The molecule has 8 heteroatoms. The molecule has 1 N–H and O–H groups in total. The van der Waals surface area contributed by atoms with Crippen LogP contribution in [0.25, 0.3) is 11.4 Å². The van der Waals surface area contributed by atoms with Gasteiger partial charge in [-0.2, -0.15) is 0 Å². The van der Waals surface area contributed by atoms with E-state index in [0.717, 1.165) is 17.1 Å². The molecule has 0 atom stereocenters. The summed E-state index contributed by atoms with van der Waals surface area (Å²) in [5, 5.41) is 12.0. The molecule has 3 aromatic rings. The van der Waals surface area contributed by atoms with E-state index >= 15 is 0 Å². The van der Waals surface area contributed by atoms with Gasteiger partial charge in [-0.25, -0.2) is 4.98 Å². The minimum Gasteiger partial charge on any atom is -0.497 e. The van der Waals surface area contributed by atoms with E-state index < -0.39 is 0 Å². The number of methoxy groups -OCH3 is 1. The minimum absolute atomic E-state index is 0.134. The first-order valence-corrected chi connectivity index (χ1v) is 9.11. The van der Waals surface area contributed by atoms with Crippen molar-refractivity contribution in [3.63, 3.8) is 0 Å². The third kappa shape index (κ3) is 4.20. The third-order valence-electron chi connectivity index (χ3n) is 3.65. The molecule has 3 rings (SSSR count). The van der Waals surface area contributed by atoms with Gasteiger partial charge in [0.1, 0.15) is 11.6 Å². The fraction of sp³-hybridized carbons (Fsp3) is 0.222. The van der Waals surface area contributed by atoms with Gasteiger partial charge < -0.3 is 14.6 Å². The molecule has 0 bridgehead atoms. The van der Waals surface area contributed by atoms with Crippen molar-refractivity contribution in [3.8, 4) is 17.1 Å². The highest BCUT2D eigenvalue weighted by Crippen LogP contribution is 2.25. The van der Waals surface area contributed by atoms with Crippen LogP contribution in [0, 0.1) is 0 Å². The monoisotopic (exact) mass is 369 g/mol. The Hall–Kier alpha value is -2.87. The zero-order valence-electron chi connectivity index (χ0n) is 14.5. The number of hydrogen-bond acceptors (Lipinski definition) is 6. The summed E-state index contributed by atoms with van der Waals surface area (Å²) in [6.45, 7) is 2.73. The van der Waals surface area contributed by atoms with Crippen LogP contribution in [0.4, 0.5) is 5.82 Å². The lowest BCUT2D eigenvalue weighted by atomic mass is 10.2. The van der Waals surface area contributed by atoms with E-state index in [0.29, 0.717) is 17.5 Å². The largest absolute Gasteiger partial charge is 0.497 e. The van der Waals surface area contributed by atoms with Crippen LogP contribution in [0.5, 0.6) is 5.75 Å². The number of ether oxygens (including phenoxy) is 1. The van der Waals surface area contributed by atoms with Crippen molar-refractivity contribution >= 4 is 23.5 Å². The number of nitrogens with zero attached hydrogens (tertiary/aromatic N) is 4. The molecule has 1 amide bonds. The maximum Gasteiger partial charge on any atom is 0.236 e. The Balaban J connectivity index is 1.68. The summed E-state index contributed by atoms with van der Waals surface area (Å²) >= 11 is 1.35. The van der Waals surface area contributed by atoms with Crippen LogP contribution in [-0.2, 0) is 11.3 Å². The first-order valence-electron chi connectivity index (χ1n) is 8.12. The van der Waals surface area contributed by atoms with Crippen molar-refractivity contribution in [1.29, 1.82) is 0 Å². The molecule has 0 unspecified atom stereocenters. The Kier molecular flexibility index (Phi) is 5.85. The third-order valence-corrected chi connectivity index (χ3v) is 4.61. The summed E-state index contributed by atoms with van der Waals surface area (Å²) in [5.74, 6) is 2.19. The van der Waals surface area contributed by atoms with Crippen LogP contribution < -0.4 is 10.1 Å². The number of amides is 1. The highest BCUT2D eigenvalue weighted by atomic mass is 32.2. The molecule has 0 saturated carbocycles. The number of carbonyl (C=O) groups excluding carboxylic acids is 1. The summed E-state index contributed by atoms with van der Waals surface area (Å²) in [6, 6.07) is 13.0. The van der Waals surface area contributed by atoms with E-state index in [4.69, 9.17) is 4.74 Å². The second kappa shape index (κ2) is 8.48. The van der Waals surface area contributed by atoms with E-state index in [9.17, 15) is 4.79 Å². The summed E-state index contributed by atoms with van der Waals surface area (Å²) in [5.41, 5.74) is 0.949. The zero-order valence-corrected chi connectivity index (χ0v) is 15.4. The van der Waals surface area contributed by atoms with Gasteiger partial charge in [-0.3, -0.25) is 4.79 Å². The molecule has 0 aliphatic carbocycles. The molecule has 2 heterocycles. The Bertz CT molecular complexity index is 865. The number of benzene rings is 1. The van der Waals surface area contributed by atoms with Gasteiger partial charge >= 0.3 is 0 Å². The van der Waals surface area contributed by atoms with Crippen LogP contribution in [0.15, 0.2) is 53.8 Å². The number of nitrogens with one attached hydrogen (secondary N) is 1. The molecule has 0 aliphatic heterocycles. The normalized spacial score (nSPS) is 10.5. The topological polar surface area (TPSA) is 81.9 Å². The van der Waals surface area contributed by atoms with Crippen molar-refractivity contribution in [1.82, 2.24) is 19.7 Å². The fourth-order valence-corrected chi connectivity index (χ4v) is 3.18. The molecule has 0 saturated heterocycles. The molecule has 0 fully saturated rings. The number of anilines is 1. The quantitative estimate of drug-likeness (QED) is 0.645. The fourth-order valence-electron chi connectivity index (χ4n) is 2.38. The van der Waals surface area contributed by atoms with Crippen molar-refractivity contribution < 1.29 is 9.53 Å². The first-order chi connectivity index (χ1) is 12.7. The molecule has 0 aliphatic rings. The van der Waals surface area contributed by atoms with Crippen molar-refractivity contribution in [2.24, 2.45) is 0 Å². The predicted octanol–water partition coefficient (Wildman–Crippen LogP) is 3.10. The van der Waals surface area contributed by atoms with Crippen LogP contribution in [0.1, 0.15) is 6.92 Å². The molecular formula is C18H19N5O2S. The van der Waals surface area contributed by atoms with Gasteiger partial charge in [0, 0.05) is 18.3 Å². The SMILES string of the molecule is CCn1c(SCC(=O)Nc2ccccn2)nnc1-c1ccc(OC)cc1. The molecule has 134 valence electrons. The Labute approximate surface area is 155 Å². The molecule has 26 heavy (non-hydrogen) atoms. The number of rotatable bonds is 7. The number of carbonyl (C=O) groups is 1. The van der Waals surface area contributed by atoms with E-state index in [1.165, 1.54) is 11.8 Å². The van der Waals surface area contributed by atoms with Crippen LogP contribution in [-0.4, -0.2) is 38.5 Å². The van der Waals surface area contributed by atoms with E-state index in [-0.39, 0.29) is 11.7 Å². The molecule has 1 aromatic carbocycles. The van der Waals surface area contributed by atoms with Gasteiger partial charge in [0.25, 0.3) is 0 Å². The highest BCUT2D eigenvalue weighted by molar-refractivity contribution is 7.99. The molecule has 2 aromatic heterocycles. The average molecular weight is 369 g/mol. The predicted molar refractivity (Wildman–Crippen MR) is 101 cm³/mol. The van der Waals surface area contributed by atoms with Crippen LogP contribution >= 0.6 is 11.8 Å². The summed E-state index contributed by atoms with van der Waals surface area (Å²) in [7, 11) is 1.63.